The van der Waals surface area contributed by atoms with Crippen LogP contribution < -0.4 is 5.32 Å². The third kappa shape index (κ3) is 1.71. The Labute approximate surface area is 76.9 Å². The highest BCUT2D eigenvalue weighted by Crippen LogP contribution is 2.25. The fourth-order valence-electron chi connectivity index (χ4n) is 1.78. The molecule has 0 saturated carbocycles. The molecule has 2 atom stereocenters. The van der Waals surface area contributed by atoms with E-state index in [0.29, 0.717) is 5.92 Å². The van der Waals surface area contributed by atoms with E-state index in [4.69, 9.17) is 4.74 Å². The average molecular weight is 182 g/mol. The zero-order valence-corrected chi connectivity index (χ0v) is 7.66. The van der Waals surface area contributed by atoms with Gasteiger partial charge in [0.15, 0.2) is 0 Å². The SMILES string of the molecule is CNC(c1ncn[nH]1)C1CCOC1. The molecule has 0 aromatic carbocycles. The molecule has 5 nitrogen and oxygen atoms in total. The zero-order valence-electron chi connectivity index (χ0n) is 7.66. The third-order valence-electron chi connectivity index (χ3n) is 2.48. The highest BCUT2D eigenvalue weighted by atomic mass is 16.5. The molecule has 5 heteroatoms. The molecular formula is C8H14N4O. The Morgan fingerprint density at radius 1 is 1.77 bits per heavy atom. The predicted molar refractivity (Wildman–Crippen MR) is 47.1 cm³/mol. The largest absolute Gasteiger partial charge is 0.381 e. The van der Waals surface area contributed by atoms with Gasteiger partial charge in [-0.15, -0.1) is 0 Å². The van der Waals surface area contributed by atoms with Crippen LogP contribution in [0.15, 0.2) is 6.33 Å². The molecule has 2 unspecified atom stereocenters. The maximum Gasteiger partial charge on any atom is 0.141 e. The Bertz CT molecular complexity index is 243. The second-order valence-corrected chi connectivity index (χ2v) is 3.26. The van der Waals surface area contributed by atoms with Crippen molar-refractivity contribution in [1.29, 1.82) is 0 Å². The number of nitrogens with zero attached hydrogens (tertiary/aromatic N) is 2. The first-order chi connectivity index (χ1) is 6.42. The molecule has 0 bridgehead atoms. The van der Waals surface area contributed by atoms with Crippen molar-refractivity contribution in [3.05, 3.63) is 12.2 Å². The normalized spacial score (nSPS) is 24.8. The summed E-state index contributed by atoms with van der Waals surface area (Å²) < 4.78 is 5.34. The van der Waals surface area contributed by atoms with Gasteiger partial charge in [0, 0.05) is 12.5 Å². The van der Waals surface area contributed by atoms with Crippen LogP contribution in [0.2, 0.25) is 0 Å². The van der Waals surface area contributed by atoms with Crippen molar-refractivity contribution in [1.82, 2.24) is 20.5 Å². The number of nitrogens with one attached hydrogen (secondary N) is 2. The lowest BCUT2D eigenvalue weighted by atomic mass is 9.99. The molecule has 2 rings (SSSR count). The van der Waals surface area contributed by atoms with Crippen molar-refractivity contribution in [3.63, 3.8) is 0 Å². The maximum absolute atomic E-state index is 5.34. The van der Waals surface area contributed by atoms with Crippen LogP contribution in [0.1, 0.15) is 18.3 Å². The number of ether oxygens (including phenoxy) is 1. The number of H-pyrrole nitrogens is 1. The predicted octanol–water partition coefficient (Wildman–Crippen LogP) is 0.102. The van der Waals surface area contributed by atoms with Gasteiger partial charge in [0.1, 0.15) is 12.2 Å². The van der Waals surface area contributed by atoms with Gasteiger partial charge in [-0.1, -0.05) is 0 Å². The lowest BCUT2D eigenvalue weighted by Gasteiger charge is -2.18. The molecule has 0 amide bonds. The second kappa shape index (κ2) is 3.85. The molecule has 0 radical (unpaired) electrons. The van der Waals surface area contributed by atoms with Crippen LogP contribution in [0.3, 0.4) is 0 Å². The summed E-state index contributed by atoms with van der Waals surface area (Å²) in [5.41, 5.74) is 0. The van der Waals surface area contributed by atoms with Crippen LogP contribution in [0.4, 0.5) is 0 Å². The number of aromatic amines is 1. The number of aromatic nitrogens is 3. The van der Waals surface area contributed by atoms with Gasteiger partial charge in [0.2, 0.25) is 0 Å². The quantitative estimate of drug-likeness (QED) is 0.696. The maximum atomic E-state index is 5.34. The van der Waals surface area contributed by atoms with Crippen LogP contribution in [-0.2, 0) is 4.74 Å². The Morgan fingerprint density at radius 3 is 3.23 bits per heavy atom. The van der Waals surface area contributed by atoms with E-state index in [1.807, 2.05) is 7.05 Å². The van der Waals surface area contributed by atoms with Crippen LogP contribution in [0.5, 0.6) is 0 Å². The first kappa shape index (κ1) is 8.65. The molecule has 0 spiro atoms. The van der Waals surface area contributed by atoms with Gasteiger partial charge < -0.3 is 10.1 Å². The first-order valence-corrected chi connectivity index (χ1v) is 4.52. The third-order valence-corrected chi connectivity index (χ3v) is 2.48. The fourth-order valence-corrected chi connectivity index (χ4v) is 1.78. The standard InChI is InChI=1S/C8H14N4O/c1-9-7(6-2-3-13-4-6)8-10-5-11-12-8/h5-7,9H,2-4H2,1H3,(H,10,11,12). The van der Waals surface area contributed by atoms with E-state index in [1.165, 1.54) is 6.33 Å². The van der Waals surface area contributed by atoms with Crippen molar-refractivity contribution in [2.45, 2.75) is 12.5 Å². The summed E-state index contributed by atoms with van der Waals surface area (Å²) in [7, 11) is 1.94. The molecule has 0 aliphatic carbocycles. The Morgan fingerprint density at radius 2 is 2.69 bits per heavy atom. The lowest BCUT2D eigenvalue weighted by molar-refractivity contribution is 0.177. The zero-order chi connectivity index (χ0) is 9.10. The van der Waals surface area contributed by atoms with Crippen molar-refractivity contribution in [2.75, 3.05) is 20.3 Å². The molecule has 1 fully saturated rings. The summed E-state index contributed by atoms with van der Waals surface area (Å²) in [5.74, 6) is 1.41. The summed E-state index contributed by atoms with van der Waals surface area (Å²) >= 11 is 0. The molecule has 1 aliphatic rings. The van der Waals surface area contributed by atoms with Crippen LogP contribution >= 0.6 is 0 Å². The molecule has 1 aliphatic heterocycles. The van der Waals surface area contributed by atoms with E-state index in [-0.39, 0.29) is 6.04 Å². The van der Waals surface area contributed by atoms with Gasteiger partial charge >= 0.3 is 0 Å². The topological polar surface area (TPSA) is 62.8 Å². The van der Waals surface area contributed by atoms with Crippen molar-refractivity contribution in [3.8, 4) is 0 Å². The van der Waals surface area contributed by atoms with Gasteiger partial charge in [-0.25, -0.2) is 4.98 Å². The van der Waals surface area contributed by atoms with Gasteiger partial charge in [0.25, 0.3) is 0 Å². The summed E-state index contributed by atoms with van der Waals surface area (Å²) in [4.78, 5) is 4.15. The van der Waals surface area contributed by atoms with Crippen molar-refractivity contribution < 1.29 is 4.74 Å². The van der Waals surface area contributed by atoms with Crippen molar-refractivity contribution >= 4 is 0 Å². The molecular weight excluding hydrogens is 168 g/mol. The summed E-state index contributed by atoms with van der Waals surface area (Å²) in [5, 5.41) is 9.96. The van der Waals surface area contributed by atoms with Crippen LogP contribution in [0, 0.1) is 5.92 Å². The minimum absolute atomic E-state index is 0.241. The van der Waals surface area contributed by atoms with Gasteiger partial charge in [-0.2, -0.15) is 5.10 Å². The van der Waals surface area contributed by atoms with Crippen LogP contribution in [0.25, 0.3) is 0 Å². The number of rotatable bonds is 3. The first-order valence-electron chi connectivity index (χ1n) is 4.52. The molecule has 2 N–H and O–H groups in total. The van der Waals surface area contributed by atoms with Gasteiger partial charge in [-0.05, 0) is 13.5 Å². The van der Waals surface area contributed by atoms with E-state index in [1.54, 1.807) is 0 Å². The lowest BCUT2D eigenvalue weighted by Crippen LogP contribution is -2.26. The van der Waals surface area contributed by atoms with E-state index in [9.17, 15) is 0 Å². The van der Waals surface area contributed by atoms with E-state index < -0.39 is 0 Å². The van der Waals surface area contributed by atoms with Crippen molar-refractivity contribution in [2.24, 2.45) is 5.92 Å². The smallest absolute Gasteiger partial charge is 0.141 e. The Hall–Kier alpha value is -0.940. The summed E-state index contributed by atoms with van der Waals surface area (Å²) in [6.45, 7) is 1.67. The average Bonchev–Trinajstić information content (AvgIpc) is 2.76. The molecule has 1 aromatic heterocycles. The summed E-state index contributed by atoms with van der Waals surface area (Å²) in [6, 6.07) is 0.241. The van der Waals surface area contributed by atoms with E-state index in [0.717, 1.165) is 25.5 Å². The fraction of sp³-hybridized carbons (Fsp3) is 0.750. The monoisotopic (exact) mass is 182 g/mol. The molecule has 1 aromatic rings. The van der Waals surface area contributed by atoms with E-state index >= 15 is 0 Å². The molecule has 2 heterocycles. The Balaban J connectivity index is 2.08. The molecule has 1 saturated heterocycles. The highest BCUT2D eigenvalue weighted by Gasteiger charge is 2.27. The minimum Gasteiger partial charge on any atom is -0.381 e. The van der Waals surface area contributed by atoms with Crippen LogP contribution in [-0.4, -0.2) is 35.4 Å². The Kier molecular flexibility index (Phi) is 2.56. The number of hydrogen-bond donors (Lipinski definition) is 2. The highest BCUT2D eigenvalue weighted by molar-refractivity contribution is 4.95. The summed E-state index contributed by atoms with van der Waals surface area (Å²) in [6.07, 6.45) is 2.63. The molecule has 72 valence electrons. The van der Waals surface area contributed by atoms with Gasteiger partial charge in [0.05, 0.1) is 12.6 Å². The molecule has 13 heavy (non-hydrogen) atoms. The number of hydrogen-bond acceptors (Lipinski definition) is 4. The second-order valence-electron chi connectivity index (χ2n) is 3.26. The van der Waals surface area contributed by atoms with Gasteiger partial charge in [-0.3, -0.25) is 5.10 Å². The minimum atomic E-state index is 0.241. The van der Waals surface area contributed by atoms with E-state index in [2.05, 4.69) is 20.5 Å².